The van der Waals surface area contributed by atoms with Crippen molar-refractivity contribution in [2.75, 3.05) is 0 Å². The third kappa shape index (κ3) is 3.66. The van der Waals surface area contributed by atoms with E-state index < -0.39 is 11.4 Å². The molecule has 0 spiro atoms. The molecule has 1 unspecified atom stereocenters. The second-order valence-electron chi connectivity index (χ2n) is 6.42. The van der Waals surface area contributed by atoms with Crippen molar-refractivity contribution in [3.63, 3.8) is 0 Å². The Morgan fingerprint density at radius 2 is 1.76 bits per heavy atom. The van der Waals surface area contributed by atoms with Crippen LogP contribution in [-0.4, -0.2) is 11.1 Å². The molecule has 2 nitrogen and oxygen atoms in total. The summed E-state index contributed by atoms with van der Waals surface area (Å²) >= 11 is 0. The predicted molar refractivity (Wildman–Crippen MR) is 86.7 cm³/mol. The highest BCUT2D eigenvalue weighted by atomic mass is 16.4. The Labute approximate surface area is 128 Å². The third-order valence-electron chi connectivity index (χ3n) is 4.97. The van der Waals surface area contributed by atoms with Crippen LogP contribution in [0.5, 0.6) is 0 Å². The van der Waals surface area contributed by atoms with Gasteiger partial charge in [-0.2, -0.15) is 0 Å². The molecule has 0 saturated carbocycles. The van der Waals surface area contributed by atoms with Gasteiger partial charge >= 0.3 is 5.97 Å². The maximum absolute atomic E-state index is 11.9. The van der Waals surface area contributed by atoms with E-state index >= 15 is 0 Å². The van der Waals surface area contributed by atoms with Gasteiger partial charge in [-0.3, -0.25) is 4.79 Å². The summed E-state index contributed by atoms with van der Waals surface area (Å²) in [6, 6.07) is 8.11. The average Bonchev–Trinajstić information content (AvgIpc) is 2.87. The van der Waals surface area contributed by atoms with Gasteiger partial charge in [-0.15, -0.1) is 0 Å². The van der Waals surface area contributed by atoms with Crippen LogP contribution in [-0.2, 0) is 16.6 Å². The third-order valence-corrected chi connectivity index (χ3v) is 4.97. The summed E-state index contributed by atoms with van der Waals surface area (Å²) in [5, 5.41) is 9.78. The second kappa shape index (κ2) is 7.63. The van der Waals surface area contributed by atoms with Gasteiger partial charge < -0.3 is 5.11 Å². The van der Waals surface area contributed by atoms with Gasteiger partial charge in [-0.05, 0) is 30.4 Å². The SMILES string of the molecule is CCCCCCCCCC1(C(=O)O)CCc2ccccc21. The van der Waals surface area contributed by atoms with Gasteiger partial charge in [0, 0.05) is 0 Å². The van der Waals surface area contributed by atoms with Crippen LogP contribution in [0.15, 0.2) is 24.3 Å². The maximum Gasteiger partial charge on any atom is 0.314 e. The van der Waals surface area contributed by atoms with Gasteiger partial charge in [-0.1, -0.05) is 76.1 Å². The Balaban J connectivity index is 1.88. The van der Waals surface area contributed by atoms with Crippen LogP contribution in [0.1, 0.15) is 75.8 Å². The van der Waals surface area contributed by atoms with Crippen molar-refractivity contribution in [2.45, 2.75) is 76.5 Å². The minimum atomic E-state index is -0.626. The van der Waals surface area contributed by atoms with E-state index in [-0.39, 0.29) is 0 Å². The van der Waals surface area contributed by atoms with E-state index in [4.69, 9.17) is 0 Å². The summed E-state index contributed by atoms with van der Waals surface area (Å²) in [4.78, 5) is 11.9. The Morgan fingerprint density at radius 3 is 2.48 bits per heavy atom. The van der Waals surface area contributed by atoms with Crippen LogP contribution >= 0.6 is 0 Å². The van der Waals surface area contributed by atoms with Crippen molar-refractivity contribution < 1.29 is 9.90 Å². The molecular weight excluding hydrogens is 260 g/mol. The lowest BCUT2D eigenvalue weighted by Crippen LogP contribution is -2.33. The highest BCUT2D eigenvalue weighted by Gasteiger charge is 2.44. The number of benzene rings is 1. The van der Waals surface area contributed by atoms with E-state index in [9.17, 15) is 9.90 Å². The number of fused-ring (bicyclic) bond motifs is 1. The van der Waals surface area contributed by atoms with Crippen molar-refractivity contribution >= 4 is 5.97 Å². The van der Waals surface area contributed by atoms with Crippen molar-refractivity contribution in [3.8, 4) is 0 Å². The van der Waals surface area contributed by atoms with Gasteiger partial charge in [0.05, 0.1) is 5.41 Å². The summed E-state index contributed by atoms with van der Waals surface area (Å²) in [6.07, 6.45) is 11.2. The second-order valence-corrected chi connectivity index (χ2v) is 6.42. The highest BCUT2D eigenvalue weighted by Crippen LogP contribution is 2.43. The Kier molecular flexibility index (Phi) is 5.84. The quantitative estimate of drug-likeness (QED) is 0.642. The molecule has 0 amide bonds. The molecule has 116 valence electrons. The van der Waals surface area contributed by atoms with E-state index in [0.717, 1.165) is 31.2 Å². The summed E-state index contributed by atoms with van der Waals surface area (Å²) in [7, 11) is 0. The first-order valence-corrected chi connectivity index (χ1v) is 8.52. The van der Waals surface area contributed by atoms with Gasteiger partial charge in [-0.25, -0.2) is 0 Å². The molecule has 1 aliphatic carbocycles. The van der Waals surface area contributed by atoms with Crippen LogP contribution in [0.2, 0.25) is 0 Å². The fourth-order valence-electron chi connectivity index (χ4n) is 3.66. The molecule has 1 atom stereocenters. The fourth-order valence-corrected chi connectivity index (χ4v) is 3.66. The molecule has 0 radical (unpaired) electrons. The number of hydrogen-bond acceptors (Lipinski definition) is 1. The number of unbranched alkanes of at least 4 members (excludes halogenated alkanes) is 6. The minimum absolute atomic E-state index is 0.611. The van der Waals surface area contributed by atoms with Crippen molar-refractivity contribution in [1.29, 1.82) is 0 Å². The van der Waals surface area contributed by atoms with Crippen LogP contribution in [0.3, 0.4) is 0 Å². The molecule has 0 fully saturated rings. The standard InChI is InChI=1S/C19H28O2/c1-2-3-4-5-6-7-10-14-19(18(20)21)15-13-16-11-8-9-12-17(16)19/h8-9,11-12H,2-7,10,13-15H2,1H3,(H,20,21). The molecule has 1 N–H and O–H groups in total. The first-order chi connectivity index (χ1) is 10.2. The molecule has 0 bridgehead atoms. The normalized spacial score (nSPS) is 20.4. The number of rotatable bonds is 9. The smallest absolute Gasteiger partial charge is 0.314 e. The fraction of sp³-hybridized carbons (Fsp3) is 0.632. The number of aryl methyl sites for hydroxylation is 1. The van der Waals surface area contributed by atoms with Gasteiger partial charge in [0.15, 0.2) is 0 Å². The maximum atomic E-state index is 11.9. The van der Waals surface area contributed by atoms with Gasteiger partial charge in [0.25, 0.3) is 0 Å². The Morgan fingerprint density at radius 1 is 1.10 bits per heavy atom. The summed E-state index contributed by atoms with van der Waals surface area (Å²) in [5.41, 5.74) is 1.70. The minimum Gasteiger partial charge on any atom is -0.481 e. The van der Waals surface area contributed by atoms with E-state index in [1.165, 1.54) is 44.1 Å². The lowest BCUT2D eigenvalue weighted by Gasteiger charge is -2.25. The number of carbonyl (C=O) groups is 1. The molecule has 2 heteroatoms. The highest BCUT2D eigenvalue weighted by molar-refractivity contribution is 5.83. The number of hydrogen-bond donors (Lipinski definition) is 1. The summed E-state index contributed by atoms with van der Waals surface area (Å²) in [6.45, 7) is 2.23. The lowest BCUT2D eigenvalue weighted by atomic mass is 9.77. The summed E-state index contributed by atoms with van der Waals surface area (Å²) < 4.78 is 0. The predicted octanol–water partition coefficient (Wildman–Crippen LogP) is 5.10. The van der Waals surface area contributed by atoms with Crippen LogP contribution < -0.4 is 0 Å². The zero-order valence-electron chi connectivity index (χ0n) is 13.2. The molecule has 0 heterocycles. The molecule has 0 aromatic heterocycles. The van der Waals surface area contributed by atoms with Gasteiger partial charge in [0.2, 0.25) is 0 Å². The monoisotopic (exact) mass is 288 g/mol. The lowest BCUT2D eigenvalue weighted by molar-refractivity contribution is -0.144. The first kappa shape index (κ1) is 16.1. The average molecular weight is 288 g/mol. The van der Waals surface area contributed by atoms with Crippen LogP contribution in [0.25, 0.3) is 0 Å². The number of aliphatic carboxylic acids is 1. The topological polar surface area (TPSA) is 37.3 Å². The Bertz CT molecular complexity index is 466. The number of carboxylic acid groups (broad SMARTS) is 1. The Hall–Kier alpha value is -1.31. The zero-order chi connectivity index (χ0) is 15.1. The first-order valence-electron chi connectivity index (χ1n) is 8.52. The van der Waals surface area contributed by atoms with Crippen molar-refractivity contribution in [1.82, 2.24) is 0 Å². The van der Waals surface area contributed by atoms with Crippen molar-refractivity contribution in [2.24, 2.45) is 0 Å². The summed E-state index contributed by atoms with van der Waals surface area (Å²) in [5.74, 6) is -0.626. The van der Waals surface area contributed by atoms with Crippen LogP contribution in [0.4, 0.5) is 0 Å². The van der Waals surface area contributed by atoms with E-state index in [1.807, 2.05) is 18.2 Å². The van der Waals surface area contributed by atoms with Crippen LogP contribution in [0, 0.1) is 0 Å². The molecular formula is C19H28O2. The molecule has 1 aromatic rings. The molecule has 1 aliphatic rings. The molecule has 0 aliphatic heterocycles. The number of carboxylic acids is 1. The van der Waals surface area contributed by atoms with Gasteiger partial charge in [0.1, 0.15) is 0 Å². The van der Waals surface area contributed by atoms with Crippen molar-refractivity contribution in [3.05, 3.63) is 35.4 Å². The molecule has 2 rings (SSSR count). The zero-order valence-corrected chi connectivity index (χ0v) is 13.2. The largest absolute Gasteiger partial charge is 0.481 e. The molecule has 0 saturated heterocycles. The molecule has 1 aromatic carbocycles. The van der Waals surface area contributed by atoms with E-state index in [1.54, 1.807) is 0 Å². The molecule has 21 heavy (non-hydrogen) atoms. The van der Waals surface area contributed by atoms with E-state index in [0.29, 0.717) is 0 Å². The van der Waals surface area contributed by atoms with E-state index in [2.05, 4.69) is 13.0 Å².